The van der Waals surface area contributed by atoms with E-state index in [1.807, 2.05) is 0 Å². The van der Waals surface area contributed by atoms with Gasteiger partial charge in [0.25, 0.3) is 0 Å². The Morgan fingerprint density at radius 1 is 1.44 bits per heavy atom. The van der Waals surface area contributed by atoms with Crippen molar-refractivity contribution in [1.29, 1.82) is 0 Å². The number of hydrogen-bond donors (Lipinski definition) is 1. The zero-order chi connectivity index (χ0) is 13.3. The molecule has 2 rings (SSSR count). The molecule has 18 heavy (non-hydrogen) atoms. The second-order valence-electron chi connectivity index (χ2n) is 5.82. The van der Waals surface area contributed by atoms with E-state index in [0.717, 1.165) is 18.4 Å². The maximum atomic E-state index is 13.1. The van der Waals surface area contributed by atoms with E-state index in [-0.39, 0.29) is 16.4 Å². The van der Waals surface area contributed by atoms with Gasteiger partial charge >= 0.3 is 0 Å². The summed E-state index contributed by atoms with van der Waals surface area (Å²) < 4.78 is 13.1. The molecule has 100 valence electrons. The lowest BCUT2D eigenvalue weighted by molar-refractivity contribution is 0.143. The molecule has 1 aliphatic carbocycles. The van der Waals surface area contributed by atoms with Gasteiger partial charge in [0, 0.05) is 5.54 Å². The SMILES string of the molecule is CC1CCCC(N)(Cc2ccc(F)c(Cl)c2)C1C. The van der Waals surface area contributed by atoms with Crippen LogP contribution in [0.3, 0.4) is 0 Å². The second kappa shape index (κ2) is 5.18. The Bertz CT molecular complexity index is 435. The van der Waals surface area contributed by atoms with E-state index in [0.29, 0.717) is 11.8 Å². The van der Waals surface area contributed by atoms with Crippen LogP contribution in [0.25, 0.3) is 0 Å². The second-order valence-corrected chi connectivity index (χ2v) is 6.22. The zero-order valence-electron chi connectivity index (χ0n) is 11.0. The Morgan fingerprint density at radius 2 is 2.17 bits per heavy atom. The molecule has 0 saturated heterocycles. The summed E-state index contributed by atoms with van der Waals surface area (Å²) in [5, 5.41) is 0.188. The van der Waals surface area contributed by atoms with E-state index < -0.39 is 0 Å². The van der Waals surface area contributed by atoms with Crippen molar-refractivity contribution in [2.24, 2.45) is 17.6 Å². The Labute approximate surface area is 114 Å². The van der Waals surface area contributed by atoms with Gasteiger partial charge in [-0.3, -0.25) is 0 Å². The average molecular weight is 270 g/mol. The Morgan fingerprint density at radius 3 is 2.83 bits per heavy atom. The van der Waals surface area contributed by atoms with Crippen molar-refractivity contribution in [3.63, 3.8) is 0 Å². The van der Waals surface area contributed by atoms with Gasteiger partial charge in [-0.25, -0.2) is 4.39 Å². The monoisotopic (exact) mass is 269 g/mol. The van der Waals surface area contributed by atoms with Crippen molar-refractivity contribution < 1.29 is 4.39 Å². The van der Waals surface area contributed by atoms with E-state index in [4.69, 9.17) is 17.3 Å². The molecule has 0 amide bonds. The number of halogens is 2. The lowest BCUT2D eigenvalue weighted by Crippen LogP contribution is -2.52. The molecule has 0 spiro atoms. The molecule has 3 unspecified atom stereocenters. The average Bonchev–Trinajstić information content (AvgIpc) is 2.31. The van der Waals surface area contributed by atoms with E-state index in [1.165, 1.54) is 18.9 Å². The largest absolute Gasteiger partial charge is 0.325 e. The highest BCUT2D eigenvalue weighted by Crippen LogP contribution is 2.38. The van der Waals surface area contributed by atoms with Crippen molar-refractivity contribution in [3.8, 4) is 0 Å². The molecule has 0 radical (unpaired) electrons. The number of nitrogens with two attached hydrogens (primary N) is 1. The summed E-state index contributed by atoms with van der Waals surface area (Å²) in [6, 6.07) is 4.93. The van der Waals surface area contributed by atoms with Crippen LogP contribution in [0.15, 0.2) is 18.2 Å². The fourth-order valence-corrected chi connectivity index (χ4v) is 3.28. The van der Waals surface area contributed by atoms with Crippen LogP contribution in [0.1, 0.15) is 38.7 Å². The van der Waals surface area contributed by atoms with Crippen LogP contribution in [0.5, 0.6) is 0 Å². The van der Waals surface area contributed by atoms with Gasteiger partial charge in [0.1, 0.15) is 5.82 Å². The summed E-state index contributed by atoms with van der Waals surface area (Å²) in [7, 11) is 0. The van der Waals surface area contributed by atoms with Crippen LogP contribution >= 0.6 is 11.6 Å². The Balaban J connectivity index is 2.18. The highest BCUT2D eigenvalue weighted by molar-refractivity contribution is 6.30. The van der Waals surface area contributed by atoms with Gasteiger partial charge < -0.3 is 5.73 Å². The Kier molecular flexibility index (Phi) is 3.98. The molecule has 0 bridgehead atoms. The fraction of sp³-hybridized carbons (Fsp3) is 0.600. The topological polar surface area (TPSA) is 26.0 Å². The third kappa shape index (κ3) is 2.70. The van der Waals surface area contributed by atoms with Crippen LogP contribution in [-0.4, -0.2) is 5.54 Å². The standard InChI is InChI=1S/C15H21ClFN/c1-10-4-3-7-15(18,11(10)2)9-12-5-6-14(17)13(16)8-12/h5-6,8,10-11H,3-4,7,9,18H2,1-2H3. The van der Waals surface area contributed by atoms with Crippen molar-refractivity contribution in [2.45, 2.75) is 45.1 Å². The molecule has 1 aromatic carbocycles. The third-order valence-corrected chi connectivity index (χ3v) is 4.87. The summed E-state index contributed by atoms with van der Waals surface area (Å²) in [5.74, 6) is 0.770. The molecule has 0 heterocycles. The van der Waals surface area contributed by atoms with Crippen LogP contribution in [0.2, 0.25) is 5.02 Å². The fourth-order valence-electron chi connectivity index (χ4n) is 3.08. The first-order chi connectivity index (χ1) is 8.42. The minimum absolute atomic E-state index is 0.182. The van der Waals surface area contributed by atoms with Gasteiger partial charge in [-0.05, 0) is 42.4 Å². The van der Waals surface area contributed by atoms with Gasteiger partial charge in [0.05, 0.1) is 5.02 Å². The van der Waals surface area contributed by atoms with Crippen LogP contribution in [0, 0.1) is 17.7 Å². The number of benzene rings is 1. The summed E-state index contributed by atoms with van der Waals surface area (Å²) >= 11 is 5.83. The van der Waals surface area contributed by atoms with E-state index in [9.17, 15) is 4.39 Å². The van der Waals surface area contributed by atoms with E-state index in [2.05, 4.69) is 13.8 Å². The molecule has 1 aromatic rings. The lowest BCUT2D eigenvalue weighted by Gasteiger charge is -2.43. The van der Waals surface area contributed by atoms with Gasteiger partial charge in [-0.15, -0.1) is 0 Å². The molecule has 2 N–H and O–H groups in total. The van der Waals surface area contributed by atoms with Gasteiger partial charge in [-0.1, -0.05) is 44.4 Å². The molecule has 1 saturated carbocycles. The van der Waals surface area contributed by atoms with Crippen molar-refractivity contribution in [1.82, 2.24) is 0 Å². The molecular weight excluding hydrogens is 249 g/mol. The molecule has 3 atom stereocenters. The van der Waals surface area contributed by atoms with Crippen molar-refractivity contribution in [2.75, 3.05) is 0 Å². The molecule has 0 aromatic heterocycles. The molecule has 3 heteroatoms. The van der Waals surface area contributed by atoms with Gasteiger partial charge in [-0.2, -0.15) is 0 Å². The normalized spacial score (nSPS) is 32.5. The first kappa shape index (κ1) is 13.8. The highest BCUT2D eigenvalue weighted by Gasteiger charge is 2.38. The van der Waals surface area contributed by atoms with E-state index in [1.54, 1.807) is 12.1 Å². The van der Waals surface area contributed by atoms with Crippen LogP contribution in [0.4, 0.5) is 4.39 Å². The predicted octanol–water partition coefficient (Wildman–Crippen LogP) is 4.18. The molecular formula is C15H21ClFN. The minimum atomic E-state index is -0.364. The van der Waals surface area contributed by atoms with Crippen molar-refractivity contribution >= 4 is 11.6 Å². The Hall–Kier alpha value is -0.600. The molecule has 1 nitrogen and oxygen atoms in total. The summed E-state index contributed by atoms with van der Waals surface area (Å²) in [6.45, 7) is 4.50. The zero-order valence-corrected chi connectivity index (χ0v) is 11.8. The van der Waals surface area contributed by atoms with E-state index >= 15 is 0 Å². The number of hydrogen-bond acceptors (Lipinski definition) is 1. The predicted molar refractivity (Wildman–Crippen MR) is 74.2 cm³/mol. The quantitative estimate of drug-likeness (QED) is 0.857. The maximum absolute atomic E-state index is 13.1. The third-order valence-electron chi connectivity index (χ3n) is 4.58. The van der Waals surface area contributed by atoms with Gasteiger partial charge in [0.2, 0.25) is 0 Å². The van der Waals surface area contributed by atoms with Crippen molar-refractivity contribution in [3.05, 3.63) is 34.6 Å². The minimum Gasteiger partial charge on any atom is -0.325 e. The summed E-state index contributed by atoms with van der Waals surface area (Å²) in [5.41, 5.74) is 7.43. The van der Waals surface area contributed by atoms with Gasteiger partial charge in [0.15, 0.2) is 0 Å². The molecule has 1 fully saturated rings. The smallest absolute Gasteiger partial charge is 0.141 e. The number of rotatable bonds is 2. The van der Waals surface area contributed by atoms with Crippen LogP contribution in [-0.2, 0) is 6.42 Å². The summed E-state index contributed by atoms with van der Waals surface area (Å²) in [6.07, 6.45) is 4.24. The maximum Gasteiger partial charge on any atom is 0.141 e. The first-order valence-corrected chi connectivity index (χ1v) is 7.03. The summed E-state index contributed by atoms with van der Waals surface area (Å²) in [4.78, 5) is 0. The molecule has 0 aliphatic heterocycles. The van der Waals surface area contributed by atoms with Crippen LogP contribution < -0.4 is 5.73 Å². The lowest BCUT2D eigenvalue weighted by atomic mass is 9.66. The highest BCUT2D eigenvalue weighted by atomic mass is 35.5. The first-order valence-electron chi connectivity index (χ1n) is 6.65. The molecule has 1 aliphatic rings.